The third kappa shape index (κ3) is 3.15. The number of halogens is 1. The lowest BCUT2D eigenvalue weighted by Crippen LogP contribution is -1.99. The summed E-state index contributed by atoms with van der Waals surface area (Å²) in [5.74, 6) is 1.09. The number of nitrogens with zero attached hydrogens (tertiary/aromatic N) is 2. The Morgan fingerprint density at radius 2 is 2.00 bits per heavy atom. The highest BCUT2D eigenvalue weighted by Crippen LogP contribution is 2.26. The molecule has 4 nitrogen and oxygen atoms in total. The van der Waals surface area contributed by atoms with Crippen LogP contribution < -0.4 is 9.47 Å². The zero-order valence-electron chi connectivity index (χ0n) is 10.3. The summed E-state index contributed by atoms with van der Waals surface area (Å²) in [7, 11) is 1.61. The summed E-state index contributed by atoms with van der Waals surface area (Å²) in [5, 5.41) is 9.16. The maximum absolute atomic E-state index is 8.98. The van der Waals surface area contributed by atoms with Crippen molar-refractivity contribution in [3.05, 3.63) is 52.8 Å². The highest BCUT2D eigenvalue weighted by molar-refractivity contribution is 6.31. The van der Waals surface area contributed by atoms with E-state index in [0.717, 1.165) is 11.3 Å². The van der Waals surface area contributed by atoms with Gasteiger partial charge < -0.3 is 9.47 Å². The second-order valence-electron chi connectivity index (χ2n) is 3.73. The molecule has 2 rings (SSSR count). The summed E-state index contributed by atoms with van der Waals surface area (Å²) < 4.78 is 10.6. The van der Waals surface area contributed by atoms with E-state index in [4.69, 9.17) is 26.3 Å². The summed E-state index contributed by atoms with van der Waals surface area (Å²) >= 11 is 5.91. The van der Waals surface area contributed by atoms with Gasteiger partial charge in [-0.05, 0) is 23.8 Å². The Labute approximate surface area is 116 Å². The van der Waals surface area contributed by atoms with Crippen LogP contribution in [-0.2, 0) is 6.61 Å². The first-order valence-corrected chi connectivity index (χ1v) is 5.92. The van der Waals surface area contributed by atoms with Crippen LogP contribution in [0.5, 0.6) is 11.5 Å². The Balaban J connectivity index is 2.12. The third-order valence-corrected chi connectivity index (χ3v) is 2.79. The molecule has 0 aliphatic heterocycles. The zero-order chi connectivity index (χ0) is 13.7. The molecule has 5 heteroatoms. The maximum Gasteiger partial charge on any atom is 0.174 e. The van der Waals surface area contributed by atoms with Crippen molar-refractivity contribution >= 4 is 11.6 Å². The second-order valence-corrected chi connectivity index (χ2v) is 4.09. The molecule has 2 aromatic rings. The number of aromatic nitrogens is 1. The molecular weight excluding hydrogens is 264 g/mol. The SMILES string of the molecule is COc1ccc(COc2c(C#N)ccnc2Cl)cc1. The number of hydrogen-bond donors (Lipinski definition) is 0. The smallest absolute Gasteiger partial charge is 0.174 e. The molecule has 0 aliphatic rings. The lowest BCUT2D eigenvalue weighted by Gasteiger charge is -2.09. The number of rotatable bonds is 4. The molecule has 1 heterocycles. The first-order valence-electron chi connectivity index (χ1n) is 5.55. The summed E-state index contributed by atoms with van der Waals surface area (Å²) in [5.41, 5.74) is 1.32. The van der Waals surface area contributed by atoms with Crippen LogP contribution in [0.15, 0.2) is 36.5 Å². The van der Waals surface area contributed by atoms with Crippen molar-refractivity contribution in [3.63, 3.8) is 0 Å². The molecular formula is C14H11ClN2O2. The van der Waals surface area contributed by atoms with E-state index in [1.807, 2.05) is 30.3 Å². The van der Waals surface area contributed by atoms with Gasteiger partial charge >= 0.3 is 0 Å². The van der Waals surface area contributed by atoms with E-state index in [2.05, 4.69) is 4.98 Å². The van der Waals surface area contributed by atoms with Crippen LogP contribution in [0.25, 0.3) is 0 Å². The van der Waals surface area contributed by atoms with Gasteiger partial charge in [-0.3, -0.25) is 0 Å². The number of hydrogen-bond acceptors (Lipinski definition) is 4. The number of benzene rings is 1. The van der Waals surface area contributed by atoms with Crippen LogP contribution in [0.2, 0.25) is 5.15 Å². The average molecular weight is 275 g/mol. The Hall–Kier alpha value is -2.25. The van der Waals surface area contributed by atoms with Gasteiger partial charge in [-0.15, -0.1) is 0 Å². The van der Waals surface area contributed by atoms with Crippen LogP contribution >= 0.6 is 11.6 Å². The maximum atomic E-state index is 8.98. The van der Waals surface area contributed by atoms with Crippen molar-refractivity contribution in [1.82, 2.24) is 4.98 Å². The molecule has 0 aliphatic carbocycles. The molecule has 1 aromatic heterocycles. The van der Waals surface area contributed by atoms with Gasteiger partial charge in [0.15, 0.2) is 10.9 Å². The van der Waals surface area contributed by atoms with Gasteiger partial charge in [0.2, 0.25) is 0 Å². The third-order valence-electron chi connectivity index (χ3n) is 2.52. The first-order chi connectivity index (χ1) is 9.24. The highest BCUT2D eigenvalue weighted by atomic mass is 35.5. The summed E-state index contributed by atoms with van der Waals surface area (Å²) in [6.45, 7) is 0.310. The van der Waals surface area contributed by atoms with Crippen molar-refractivity contribution in [2.75, 3.05) is 7.11 Å². The fourth-order valence-electron chi connectivity index (χ4n) is 1.53. The van der Waals surface area contributed by atoms with E-state index in [-0.39, 0.29) is 5.15 Å². The average Bonchev–Trinajstić information content (AvgIpc) is 2.46. The van der Waals surface area contributed by atoms with Gasteiger partial charge in [-0.1, -0.05) is 23.7 Å². The minimum absolute atomic E-state index is 0.188. The molecule has 0 bridgehead atoms. The minimum Gasteiger partial charge on any atom is -0.497 e. The Bertz CT molecular complexity index is 606. The van der Waals surface area contributed by atoms with Crippen LogP contribution in [0.3, 0.4) is 0 Å². The van der Waals surface area contributed by atoms with E-state index in [1.165, 1.54) is 6.20 Å². The van der Waals surface area contributed by atoms with Crippen LogP contribution in [-0.4, -0.2) is 12.1 Å². The lowest BCUT2D eigenvalue weighted by atomic mass is 10.2. The van der Waals surface area contributed by atoms with Crippen molar-refractivity contribution < 1.29 is 9.47 Å². The molecule has 0 amide bonds. The second kappa shape index (κ2) is 6.07. The fraction of sp³-hybridized carbons (Fsp3) is 0.143. The van der Waals surface area contributed by atoms with Crippen LogP contribution in [0, 0.1) is 11.3 Å². The standard InChI is InChI=1S/C14H11ClN2O2/c1-18-12-4-2-10(3-5-12)9-19-13-11(8-16)6-7-17-14(13)15/h2-7H,9H2,1H3. The summed E-state index contributed by atoms with van der Waals surface area (Å²) in [6, 6.07) is 11.0. The van der Waals surface area contributed by atoms with E-state index < -0.39 is 0 Å². The predicted octanol–water partition coefficient (Wildman–Crippen LogP) is 3.19. The van der Waals surface area contributed by atoms with E-state index in [1.54, 1.807) is 13.2 Å². The topological polar surface area (TPSA) is 55.1 Å². The number of pyridine rings is 1. The normalized spacial score (nSPS) is 9.74. The quantitative estimate of drug-likeness (QED) is 0.804. The Morgan fingerprint density at radius 3 is 2.63 bits per heavy atom. The Morgan fingerprint density at radius 1 is 1.26 bits per heavy atom. The Kier molecular flexibility index (Phi) is 4.22. The summed E-state index contributed by atoms with van der Waals surface area (Å²) in [6.07, 6.45) is 1.47. The van der Waals surface area contributed by atoms with E-state index in [9.17, 15) is 0 Å². The van der Waals surface area contributed by atoms with Crippen molar-refractivity contribution in [2.24, 2.45) is 0 Å². The van der Waals surface area contributed by atoms with Gasteiger partial charge in [-0.25, -0.2) is 4.98 Å². The number of methoxy groups -OCH3 is 1. The molecule has 0 atom stereocenters. The van der Waals surface area contributed by atoms with Crippen molar-refractivity contribution in [2.45, 2.75) is 6.61 Å². The van der Waals surface area contributed by atoms with Crippen molar-refractivity contribution in [1.29, 1.82) is 5.26 Å². The molecule has 0 saturated heterocycles. The van der Waals surface area contributed by atoms with Gasteiger partial charge in [0, 0.05) is 6.20 Å². The van der Waals surface area contributed by atoms with Crippen LogP contribution in [0.4, 0.5) is 0 Å². The molecule has 0 saturated carbocycles. The molecule has 96 valence electrons. The van der Waals surface area contributed by atoms with Crippen molar-refractivity contribution in [3.8, 4) is 17.6 Å². The molecule has 0 N–H and O–H groups in total. The molecule has 1 aromatic carbocycles. The van der Waals surface area contributed by atoms with E-state index in [0.29, 0.717) is 17.9 Å². The molecule has 19 heavy (non-hydrogen) atoms. The fourth-order valence-corrected chi connectivity index (χ4v) is 1.74. The minimum atomic E-state index is 0.188. The van der Waals surface area contributed by atoms with Gasteiger partial charge in [0.25, 0.3) is 0 Å². The number of nitriles is 1. The monoisotopic (exact) mass is 274 g/mol. The van der Waals surface area contributed by atoms with Crippen LogP contribution in [0.1, 0.15) is 11.1 Å². The molecule has 0 spiro atoms. The lowest BCUT2D eigenvalue weighted by molar-refractivity contribution is 0.304. The first kappa shape index (κ1) is 13.2. The van der Waals surface area contributed by atoms with Gasteiger partial charge in [-0.2, -0.15) is 5.26 Å². The summed E-state index contributed by atoms with van der Waals surface area (Å²) in [4.78, 5) is 3.90. The molecule has 0 radical (unpaired) electrons. The van der Waals surface area contributed by atoms with Gasteiger partial charge in [0.05, 0.1) is 12.7 Å². The molecule has 0 unspecified atom stereocenters. The molecule has 0 fully saturated rings. The van der Waals surface area contributed by atoms with E-state index >= 15 is 0 Å². The number of ether oxygens (including phenoxy) is 2. The highest BCUT2D eigenvalue weighted by Gasteiger charge is 2.09. The van der Waals surface area contributed by atoms with Gasteiger partial charge in [0.1, 0.15) is 18.4 Å². The zero-order valence-corrected chi connectivity index (χ0v) is 11.0. The predicted molar refractivity (Wildman–Crippen MR) is 71.3 cm³/mol. The largest absolute Gasteiger partial charge is 0.497 e.